The van der Waals surface area contributed by atoms with Gasteiger partial charge in [-0.2, -0.15) is 0 Å². The summed E-state index contributed by atoms with van der Waals surface area (Å²) in [6.45, 7) is 20.7. The van der Waals surface area contributed by atoms with Crippen molar-refractivity contribution in [3.63, 3.8) is 0 Å². The van der Waals surface area contributed by atoms with Crippen LogP contribution in [0.1, 0.15) is 122 Å². The maximum absolute atomic E-state index is 13.5. The number of hydrogen-bond donors (Lipinski definition) is 1. The summed E-state index contributed by atoms with van der Waals surface area (Å²) in [5, 5.41) is 11.6. The van der Waals surface area contributed by atoms with Gasteiger partial charge in [0.15, 0.2) is 25.2 Å². The Morgan fingerprint density at radius 3 is 1.60 bits per heavy atom. The predicted molar refractivity (Wildman–Crippen MR) is 338 cm³/mol. The van der Waals surface area contributed by atoms with E-state index in [1.54, 1.807) is 4.90 Å². The van der Waals surface area contributed by atoms with Gasteiger partial charge >= 0.3 is 6.09 Å². The number of nitrogens with zero attached hydrogens (tertiary/aromatic N) is 1. The summed E-state index contributed by atoms with van der Waals surface area (Å²) >= 11 is 0. The highest BCUT2D eigenvalue weighted by atomic mass is 16.8. The second-order valence-electron chi connectivity index (χ2n) is 25.9. The molecule has 1 N–H and O–H groups in total. The highest BCUT2D eigenvalue weighted by Gasteiger charge is 2.54. The lowest BCUT2D eigenvalue weighted by atomic mass is 9.74. The number of carbonyl (C=O) groups excluding carboxylic acids is 1. The Balaban J connectivity index is 0.821. The Hall–Kier alpha value is -5.11. The van der Waals surface area contributed by atoms with Crippen molar-refractivity contribution in [2.75, 3.05) is 33.0 Å². The molecule has 5 fully saturated rings. The number of rotatable bonds is 27. The van der Waals surface area contributed by atoms with Crippen LogP contribution in [-0.2, 0) is 83.2 Å². The number of fused-ring (bicyclic) bond motifs is 1. The van der Waals surface area contributed by atoms with Crippen LogP contribution >= 0.6 is 0 Å². The third kappa shape index (κ3) is 17.5. The van der Waals surface area contributed by atoms with E-state index in [-0.39, 0.29) is 91.6 Å². The molecule has 5 aromatic rings. The summed E-state index contributed by atoms with van der Waals surface area (Å²) in [5.41, 5.74) is 5.08. The maximum atomic E-state index is 13.5. The van der Waals surface area contributed by atoms with Crippen LogP contribution in [0.2, 0.25) is 0 Å². The Morgan fingerprint density at radius 2 is 1.02 bits per heavy atom. The maximum Gasteiger partial charge on any atom is 0.410 e. The number of ether oxygens (including phenoxy) is 12. The van der Waals surface area contributed by atoms with Crippen molar-refractivity contribution in [3.8, 4) is 0 Å². The largest absolute Gasteiger partial charge is 0.445 e. The third-order valence-electron chi connectivity index (χ3n) is 19.8. The zero-order chi connectivity index (χ0) is 62.2. The van der Waals surface area contributed by atoms with Gasteiger partial charge in [0.2, 0.25) is 0 Å². The van der Waals surface area contributed by atoms with E-state index in [0.29, 0.717) is 45.9 Å². The first-order chi connectivity index (χ1) is 43.3. The normalized spacial score (nSPS) is 33.9. The van der Waals surface area contributed by atoms with Crippen molar-refractivity contribution in [1.29, 1.82) is 0 Å². The van der Waals surface area contributed by atoms with Crippen molar-refractivity contribution in [1.82, 2.24) is 4.90 Å². The minimum atomic E-state index is -0.650. The molecule has 21 atom stereocenters. The van der Waals surface area contributed by atoms with E-state index in [1.165, 1.54) is 0 Å². The highest BCUT2D eigenvalue weighted by molar-refractivity contribution is 5.67. The van der Waals surface area contributed by atoms with Gasteiger partial charge in [-0.1, -0.05) is 207 Å². The van der Waals surface area contributed by atoms with Crippen molar-refractivity contribution in [2.24, 2.45) is 47.3 Å². The van der Waals surface area contributed by atoms with Gasteiger partial charge in [0.05, 0.1) is 69.7 Å². The molecule has 5 aliphatic heterocycles. The molecule has 5 saturated heterocycles. The minimum absolute atomic E-state index is 0.0176. The molecule has 89 heavy (non-hydrogen) atoms. The first-order valence-electron chi connectivity index (χ1n) is 33.1. The van der Waals surface area contributed by atoms with Crippen molar-refractivity contribution >= 4 is 6.09 Å². The molecular weight excluding hydrogens is 1130 g/mol. The van der Waals surface area contributed by atoms with Gasteiger partial charge in [-0.25, -0.2) is 4.79 Å². The van der Waals surface area contributed by atoms with Crippen LogP contribution in [0.4, 0.5) is 4.79 Å². The molecule has 484 valence electrons. The van der Waals surface area contributed by atoms with Crippen LogP contribution in [0.15, 0.2) is 152 Å². The average molecular weight is 1230 g/mol. The van der Waals surface area contributed by atoms with Crippen molar-refractivity contribution < 1.29 is 66.7 Å². The Labute approximate surface area is 529 Å². The predicted octanol–water partition coefficient (Wildman–Crippen LogP) is 13.5. The van der Waals surface area contributed by atoms with E-state index in [1.807, 2.05) is 127 Å². The van der Waals surface area contributed by atoms with E-state index in [9.17, 15) is 9.90 Å². The highest BCUT2D eigenvalue weighted by Crippen LogP contribution is 2.47. The number of carbonyl (C=O) groups is 1. The molecule has 9 unspecified atom stereocenters. The smallest absolute Gasteiger partial charge is 0.410 e. The number of aliphatic hydroxyl groups excluding tert-OH is 1. The molecule has 0 aliphatic carbocycles. The van der Waals surface area contributed by atoms with Gasteiger partial charge in [-0.05, 0) is 72.1 Å². The van der Waals surface area contributed by atoms with Gasteiger partial charge in [0.25, 0.3) is 0 Å². The SMILES string of the molecule is CCC1O[C@@H](C[C@@H]2C(C)[C@@H](O[C@H]3C(COCc4ccccc4)O[C@@H](O[C@@H]4C(COCc5ccccc5)O[C@@H](OCCCCCN(Cc5ccccc5)C(=O)OCc5ccccc5)C(C)[C@H]4C)C(C)[C@H]3C)OC3COC(c4ccccc4)O[C@@H]32)C(C)[C@@H](O)[C@H]1C. The summed E-state index contributed by atoms with van der Waals surface area (Å²) < 4.78 is 81.8. The molecule has 15 nitrogen and oxygen atoms in total. The molecule has 0 radical (unpaired) electrons. The molecule has 5 aliphatic rings. The molecule has 0 spiro atoms. The minimum Gasteiger partial charge on any atom is -0.445 e. The Bertz CT molecular complexity index is 2820. The van der Waals surface area contributed by atoms with Gasteiger partial charge in [-0.3, -0.25) is 0 Å². The van der Waals surface area contributed by atoms with E-state index >= 15 is 0 Å². The van der Waals surface area contributed by atoms with Gasteiger partial charge in [0.1, 0.15) is 24.9 Å². The molecule has 5 heterocycles. The summed E-state index contributed by atoms with van der Waals surface area (Å²) in [6, 6.07) is 50.2. The fourth-order valence-electron chi connectivity index (χ4n) is 13.8. The average Bonchev–Trinajstić information content (AvgIpc) is 3.70. The molecule has 5 aromatic carbocycles. The van der Waals surface area contributed by atoms with E-state index < -0.39 is 61.8 Å². The lowest BCUT2D eigenvalue weighted by Gasteiger charge is -2.53. The van der Waals surface area contributed by atoms with Crippen LogP contribution < -0.4 is 0 Å². The number of aliphatic hydroxyl groups is 1. The summed E-state index contributed by atoms with van der Waals surface area (Å²) in [6.07, 6.45) is -2.12. The van der Waals surface area contributed by atoms with E-state index in [0.717, 1.165) is 53.5 Å². The van der Waals surface area contributed by atoms with Crippen LogP contribution in [0.25, 0.3) is 0 Å². The zero-order valence-electron chi connectivity index (χ0n) is 53.7. The van der Waals surface area contributed by atoms with Crippen LogP contribution in [0, 0.1) is 47.3 Å². The van der Waals surface area contributed by atoms with E-state index in [2.05, 4.69) is 79.7 Å². The Morgan fingerprint density at radius 1 is 0.517 bits per heavy atom. The van der Waals surface area contributed by atoms with Crippen LogP contribution in [0.5, 0.6) is 0 Å². The second-order valence-corrected chi connectivity index (χ2v) is 25.9. The van der Waals surface area contributed by atoms with Gasteiger partial charge in [-0.15, -0.1) is 0 Å². The van der Waals surface area contributed by atoms with Crippen LogP contribution in [-0.4, -0.2) is 123 Å². The summed E-state index contributed by atoms with van der Waals surface area (Å²) in [4.78, 5) is 15.3. The van der Waals surface area contributed by atoms with Crippen molar-refractivity contribution in [2.45, 2.75) is 194 Å². The number of benzene rings is 5. The number of amides is 1. The molecule has 15 heteroatoms. The quantitative estimate of drug-likeness (QED) is 0.0497. The second kappa shape index (κ2) is 32.9. The zero-order valence-corrected chi connectivity index (χ0v) is 53.7. The molecule has 0 saturated carbocycles. The first-order valence-corrected chi connectivity index (χ1v) is 33.1. The fourth-order valence-corrected chi connectivity index (χ4v) is 13.8. The number of hydrogen-bond acceptors (Lipinski definition) is 14. The monoisotopic (exact) mass is 1230 g/mol. The molecule has 1 amide bonds. The third-order valence-corrected chi connectivity index (χ3v) is 19.8. The number of unbranched alkanes of at least 4 members (excludes halogenated alkanes) is 2. The Kier molecular flexibility index (Phi) is 24.7. The van der Waals surface area contributed by atoms with Gasteiger partial charge < -0.3 is 66.8 Å². The molecule has 10 rings (SSSR count). The lowest BCUT2D eigenvalue weighted by molar-refractivity contribution is -0.375. The fraction of sp³-hybridized carbons (Fsp3) is 0.581. The topological polar surface area (TPSA) is 151 Å². The summed E-state index contributed by atoms with van der Waals surface area (Å²) in [5.74, 6) is -0.531. The van der Waals surface area contributed by atoms with Crippen molar-refractivity contribution in [3.05, 3.63) is 179 Å². The molecular formula is C74H99NO14. The lowest BCUT2D eigenvalue weighted by Crippen LogP contribution is -2.61. The molecule has 0 aromatic heterocycles. The van der Waals surface area contributed by atoms with E-state index in [4.69, 9.17) is 56.8 Å². The van der Waals surface area contributed by atoms with Crippen LogP contribution in [0.3, 0.4) is 0 Å². The van der Waals surface area contributed by atoms with Gasteiger partial charge in [0, 0.05) is 54.8 Å². The first kappa shape index (κ1) is 66.8. The standard InChI is InChI=1S/C74H99NO14/c1-9-61-53(7)66(76)54(8)62(83-61)40-60-52(6)72(86-65-47-81-73(89-69(60)65)59-36-24-14-25-37-59)88-68-49(3)51(5)71(85-64(68)46-79-43-57-32-20-12-21-33-57)87-67-48(2)50(4)70(84-63(67)45-78-42-56-30-18-11-19-31-56)80-39-27-15-26-38-75(41-55-28-16-10-17-29-55)74(77)82-44-58-34-22-13-23-35-58/h10-14,16-25,28-37,48-54,60-73,76H,9,15,26-27,38-47H2,1-8H3/t48-,49-,50?,51?,52?,53+,54?,60-,61?,62+,63?,64?,65?,66+,67+,68-,69-,70-,71+,72-,73?/m1/s1. The molecule has 0 bridgehead atoms. The summed E-state index contributed by atoms with van der Waals surface area (Å²) in [7, 11) is 0.